The maximum absolute atomic E-state index is 11.9. The number of carbonyl (C=O) groups excluding carboxylic acids is 1. The molecule has 0 saturated heterocycles. The monoisotopic (exact) mass is 309 g/mol. The van der Waals surface area contributed by atoms with Gasteiger partial charge in [0.25, 0.3) is 0 Å². The number of thiazole rings is 1. The van der Waals surface area contributed by atoms with Gasteiger partial charge in [-0.15, -0.1) is 11.3 Å². The molecule has 7 nitrogen and oxygen atoms in total. The van der Waals surface area contributed by atoms with Gasteiger partial charge in [-0.2, -0.15) is 5.10 Å². The van der Waals surface area contributed by atoms with Crippen LogP contribution >= 0.6 is 11.3 Å². The molecule has 0 aliphatic heterocycles. The zero-order chi connectivity index (χ0) is 15.2. The standard InChI is InChI=1S/C13H19N5O2S/c1-9-8-14-12(21-9)10(2)15-13(19)16-11-4-5-18(17-11)6-7-20-3/h4-5,8,10H,6-7H2,1-3H3,(H2,15,16,17,19)/t10-/m1/s1. The molecule has 21 heavy (non-hydrogen) atoms. The first-order chi connectivity index (χ1) is 10.1. The molecule has 0 radical (unpaired) electrons. The van der Waals surface area contributed by atoms with Crippen LogP contribution in [-0.2, 0) is 11.3 Å². The average Bonchev–Trinajstić information content (AvgIpc) is 3.05. The molecule has 0 spiro atoms. The zero-order valence-electron chi connectivity index (χ0n) is 12.3. The number of amides is 2. The van der Waals surface area contributed by atoms with Gasteiger partial charge in [-0.25, -0.2) is 9.78 Å². The molecular weight excluding hydrogens is 290 g/mol. The Kier molecular flexibility index (Phi) is 5.29. The first kappa shape index (κ1) is 15.5. The van der Waals surface area contributed by atoms with Gasteiger partial charge in [-0.3, -0.25) is 10.00 Å². The molecule has 2 heterocycles. The summed E-state index contributed by atoms with van der Waals surface area (Å²) in [6.45, 7) is 5.11. The normalized spacial score (nSPS) is 12.1. The van der Waals surface area contributed by atoms with Crippen molar-refractivity contribution in [1.29, 1.82) is 0 Å². The average molecular weight is 309 g/mol. The molecule has 0 unspecified atom stereocenters. The Hall–Kier alpha value is -1.93. The third kappa shape index (κ3) is 4.54. The van der Waals surface area contributed by atoms with E-state index < -0.39 is 0 Å². The topological polar surface area (TPSA) is 81.1 Å². The van der Waals surface area contributed by atoms with E-state index in [1.165, 1.54) is 0 Å². The van der Waals surface area contributed by atoms with Crippen LogP contribution in [0, 0.1) is 6.92 Å². The van der Waals surface area contributed by atoms with Gasteiger partial charge in [0.05, 0.1) is 19.2 Å². The van der Waals surface area contributed by atoms with Crippen molar-refractivity contribution in [2.75, 3.05) is 19.0 Å². The van der Waals surface area contributed by atoms with E-state index in [0.29, 0.717) is 19.0 Å². The van der Waals surface area contributed by atoms with E-state index in [9.17, 15) is 4.79 Å². The van der Waals surface area contributed by atoms with Crippen LogP contribution in [0.4, 0.5) is 10.6 Å². The second-order valence-electron chi connectivity index (χ2n) is 4.59. The first-order valence-electron chi connectivity index (χ1n) is 6.60. The molecule has 0 bridgehead atoms. The molecule has 0 aromatic carbocycles. The van der Waals surface area contributed by atoms with Crippen molar-refractivity contribution in [3.8, 4) is 0 Å². The van der Waals surface area contributed by atoms with E-state index >= 15 is 0 Å². The van der Waals surface area contributed by atoms with Crippen LogP contribution in [0.2, 0.25) is 0 Å². The second kappa shape index (κ2) is 7.19. The second-order valence-corrected chi connectivity index (χ2v) is 5.85. The van der Waals surface area contributed by atoms with Crippen LogP contribution in [0.3, 0.4) is 0 Å². The number of aromatic nitrogens is 3. The highest BCUT2D eigenvalue weighted by molar-refractivity contribution is 7.11. The summed E-state index contributed by atoms with van der Waals surface area (Å²) in [5.74, 6) is 0.506. The minimum atomic E-state index is -0.299. The quantitative estimate of drug-likeness (QED) is 0.857. The molecule has 8 heteroatoms. The summed E-state index contributed by atoms with van der Waals surface area (Å²) in [6, 6.07) is 1.31. The predicted molar refractivity (Wildman–Crippen MR) is 81.5 cm³/mol. The highest BCUT2D eigenvalue weighted by atomic mass is 32.1. The Morgan fingerprint density at radius 3 is 3.05 bits per heavy atom. The Labute approximate surface area is 127 Å². The van der Waals surface area contributed by atoms with Gasteiger partial charge in [0.1, 0.15) is 5.01 Å². The van der Waals surface area contributed by atoms with Crippen LogP contribution in [0.25, 0.3) is 0 Å². The summed E-state index contributed by atoms with van der Waals surface area (Å²) in [4.78, 5) is 17.3. The van der Waals surface area contributed by atoms with Gasteiger partial charge in [0.2, 0.25) is 0 Å². The predicted octanol–water partition coefficient (Wildman–Crippen LogP) is 2.18. The number of rotatable bonds is 6. The fourth-order valence-electron chi connectivity index (χ4n) is 1.72. The number of methoxy groups -OCH3 is 1. The van der Waals surface area contributed by atoms with E-state index in [1.807, 2.05) is 13.8 Å². The van der Waals surface area contributed by atoms with Gasteiger partial charge in [-0.1, -0.05) is 0 Å². The van der Waals surface area contributed by atoms with Crippen LogP contribution in [0.1, 0.15) is 22.9 Å². The summed E-state index contributed by atoms with van der Waals surface area (Å²) in [5.41, 5.74) is 0. The lowest BCUT2D eigenvalue weighted by Gasteiger charge is -2.11. The molecule has 2 aromatic rings. The third-order valence-corrected chi connectivity index (χ3v) is 3.86. The van der Waals surface area contributed by atoms with E-state index in [2.05, 4.69) is 20.7 Å². The molecule has 1 atom stereocenters. The Balaban J connectivity index is 1.85. The number of anilines is 1. The largest absolute Gasteiger partial charge is 0.383 e. The van der Waals surface area contributed by atoms with Gasteiger partial charge in [0.15, 0.2) is 5.82 Å². The lowest BCUT2D eigenvalue weighted by molar-refractivity contribution is 0.183. The van der Waals surface area contributed by atoms with Crippen LogP contribution < -0.4 is 10.6 Å². The van der Waals surface area contributed by atoms with Crippen molar-refractivity contribution in [3.05, 3.63) is 28.3 Å². The summed E-state index contributed by atoms with van der Waals surface area (Å²) in [5, 5.41) is 10.6. The van der Waals surface area contributed by atoms with E-state index in [1.54, 1.807) is 41.6 Å². The molecule has 2 amide bonds. The molecule has 0 aliphatic carbocycles. The number of hydrogen-bond acceptors (Lipinski definition) is 5. The van der Waals surface area contributed by atoms with Crippen molar-refractivity contribution in [2.24, 2.45) is 0 Å². The number of carbonyl (C=O) groups is 1. The summed E-state index contributed by atoms with van der Waals surface area (Å²) < 4.78 is 6.69. The van der Waals surface area contributed by atoms with E-state index in [0.717, 1.165) is 9.88 Å². The lowest BCUT2D eigenvalue weighted by atomic mass is 10.4. The smallest absolute Gasteiger partial charge is 0.321 e. The molecule has 2 aromatic heterocycles. The highest BCUT2D eigenvalue weighted by Gasteiger charge is 2.13. The number of nitrogens with zero attached hydrogens (tertiary/aromatic N) is 3. The number of ether oxygens (including phenoxy) is 1. The minimum absolute atomic E-state index is 0.140. The van der Waals surface area contributed by atoms with Crippen LogP contribution in [0.5, 0.6) is 0 Å². The van der Waals surface area contributed by atoms with Crippen molar-refractivity contribution in [2.45, 2.75) is 26.4 Å². The minimum Gasteiger partial charge on any atom is -0.383 e. The van der Waals surface area contributed by atoms with Crippen LogP contribution in [-0.4, -0.2) is 34.5 Å². The Morgan fingerprint density at radius 1 is 1.57 bits per heavy atom. The highest BCUT2D eigenvalue weighted by Crippen LogP contribution is 2.18. The summed E-state index contributed by atoms with van der Waals surface area (Å²) >= 11 is 1.57. The van der Waals surface area contributed by atoms with Crippen molar-refractivity contribution >= 4 is 23.2 Å². The van der Waals surface area contributed by atoms with Crippen molar-refractivity contribution in [3.63, 3.8) is 0 Å². The third-order valence-electron chi connectivity index (χ3n) is 2.76. The summed E-state index contributed by atoms with van der Waals surface area (Å²) in [7, 11) is 1.64. The van der Waals surface area contributed by atoms with Crippen molar-refractivity contribution < 1.29 is 9.53 Å². The molecule has 114 valence electrons. The zero-order valence-corrected chi connectivity index (χ0v) is 13.1. The maximum Gasteiger partial charge on any atom is 0.321 e. The number of nitrogens with one attached hydrogen (secondary N) is 2. The van der Waals surface area contributed by atoms with Crippen LogP contribution in [0.15, 0.2) is 18.5 Å². The van der Waals surface area contributed by atoms with Gasteiger partial charge in [0, 0.05) is 30.4 Å². The fraction of sp³-hybridized carbons (Fsp3) is 0.462. The molecule has 0 aliphatic rings. The SMILES string of the molecule is COCCn1ccc(NC(=O)N[C@H](C)c2ncc(C)s2)n1. The molecule has 2 N–H and O–H groups in total. The number of aryl methyl sites for hydroxylation is 1. The molecule has 2 rings (SSSR count). The number of hydrogen-bond donors (Lipinski definition) is 2. The molecule has 0 fully saturated rings. The lowest BCUT2D eigenvalue weighted by Crippen LogP contribution is -2.31. The van der Waals surface area contributed by atoms with Gasteiger partial charge >= 0.3 is 6.03 Å². The number of urea groups is 1. The molecular formula is C13H19N5O2S. The van der Waals surface area contributed by atoms with E-state index in [-0.39, 0.29) is 12.1 Å². The Morgan fingerprint density at radius 2 is 2.38 bits per heavy atom. The van der Waals surface area contributed by atoms with E-state index in [4.69, 9.17) is 4.74 Å². The molecule has 0 saturated carbocycles. The summed E-state index contributed by atoms with van der Waals surface area (Å²) in [6.07, 6.45) is 3.59. The maximum atomic E-state index is 11.9. The van der Waals surface area contributed by atoms with Gasteiger partial charge < -0.3 is 10.1 Å². The first-order valence-corrected chi connectivity index (χ1v) is 7.42. The Bertz CT molecular complexity index is 595. The van der Waals surface area contributed by atoms with Crippen molar-refractivity contribution in [1.82, 2.24) is 20.1 Å². The van der Waals surface area contributed by atoms with Gasteiger partial charge in [-0.05, 0) is 13.8 Å². The fourth-order valence-corrected chi connectivity index (χ4v) is 2.50.